The summed E-state index contributed by atoms with van der Waals surface area (Å²) in [5.41, 5.74) is 1.02. The summed E-state index contributed by atoms with van der Waals surface area (Å²) in [6, 6.07) is 12.8. The number of fused-ring (bicyclic) bond motifs is 5. The lowest BCUT2D eigenvalue weighted by Crippen LogP contribution is -2.51. The third-order valence-electron chi connectivity index (χ3n) is 9.95. The van der Waals surface area contributed by atoms with E-state index in [1.165, 1.54) is 0 Å². The van der Waals surface area contributed by atoms with Crippen LogP contribution in [0.2, 0.25) is 5.02 Å². The fourth-order valence-corrected chi connectivity index (χ4v) is 8.56. The monoisotopic (exact) mass is 606 g/mol. The van der Waals surface area contributed by atoms with Gasteiger partial charge in [0.1, 0.15) is 23.6 Å². The number of ether oxygens (including phenoxy) is 1. The van der Waals surface area contributed by atoms with E-state index in [1.54, 1.807) is 6.20 Å². The molecule has 2 bridgehead atoms. The van der Waals surface area contributed by atoms with Gasteiger partial charge in [-0.1, -0.05) is 41.9 Å². The van der Waals surface area contributed by atoms with Crippen LogP contribution >= 0.6 is 23.2 Å². The Labute approximate surface area is 254 Å². The lowest BCUT2D eigenvalue weighted by molar-refractivity contribution is 0.0896. The van der Waals surface area contributed by atoms with E-state index in [9.17, 15) is 0 Å². The van der Waals surface area contributed by atoms with Crippen molar-refractivity contribution in [1.82, 2.24) is 25.2 Å². The molecule has 0 saturated carbocycles. The Morgan fingerprint density at radius 2 is 1.86 bits per heavy atom. The third-order valence-corrected chi connectivity index (χ3v) is 10.6. The number of hydrogen-bond acceptors (Lipinski definition) is 7. The molecule has 2 aromatic carbocycles. The van der Waals surface area contributed by atoms with Gasteiger partial charge in [0.15, 0.2) is 5.82 Å². The fraction of sp³-hybridized carbons (Fsp3) is 0.469. The van der Waals surface area contributed by atoms with Crippen LogP contribution in [0.3, 0.4) is 0 Å². The molecule has 7 nitrogen and oxygen atoms in total. The molecule has 1 N–H and O–H groups in total. The van der Waals surface area contributed by atoms with Gasteiger partial charge in [0.25, 0.3) is 0 Å². The minimum Gasteiger partial charge on any atom is -0.461 e. The van der Waals surface area contributed by atoms with Crippen LogP contribution in [0.1, 0.15) is 38.5 Å². The van der Waals surface area contributed by atoms with E-state index in [0.29, 0.717) is 52.4 Å². The van der Waals surface area contributed by atoms with E-state index < -0.39 is 5.82 Å². The zero-order valence-electron chi connectivity index (χ0n) is 23.3. The molecule has 8 rings (SSSR count). The number of pyridine rings is 1. The molecule has 4 aliphatic rings. The largest absolute Gasteiger partial charge is 0.461 e. The van der Waals surface area contributed by atoms with E-state index in [4.69, 9.17) is 37.9 Å². The molecule has 2 aromatic heterocycles. The van der Waals surface area contributed by atoms with Crippen LogP contribution in [-0.4, -0.2) is 75.6 Å². The van der Waals surface area contributed by atoms with Gasteiger partial charge in [-0.2, -0.15) is 9.97 Å². The topological polar surface area (TPSA) is 66.4 Å². The highest BCUT2D eigenvalue weighted by Crippen LogP contribution is 2.43. The van der Waals surface area contributed by atoms with Crippen LogP contribution in [-0.2, 0) is 0 Å². The van der Waals surface area contributed by atoms with E-state index >= 15 is 4.39 Å². The van der Waals surface area contributed by atoms with E-state index in [-0.39, 0.29) is 22.8 Å². The van der Waals surface area contributed by atoms with Crippen molar-refractivity contribution in [2.75, 3.05) is 37.0 Å². The Morgan fingerprint density at radius 3 is 2.67 bits per heavy atom. The molecule has 218 valence electrons. The lowest BCUT2D eigenvalue weighted by Gasteiger charge is -2.35. The zero-order valence-corrected chi connectivity index (χ0v) is 24.8. The summed E-state index contributed by atoms with van der Waals surface area (Å²) in [6.45, 7) is 3.11. The summed E-state index contributed by atoms with van der Waals surface area (Å²) >= 11 is 12.9. The summed E-state index contributed by atoms with van der Waals surface area (Å²) in [4.78, 5) is 19.1. The maximum atomic E-state index is 16.7. The second kappa shape index (κ2) is 10.4. The highest BCUT2D eigenvalue weighted by molar-refractivity contribution is 6.36. The number of hydrogen-bond donors (Lipinski definition) is 1. The van der Waals surface area contributed by atoms with Crippen molar-refractivity contribution in [2.45, 2.75) is 62.2 Å². The smallest absolute Gasteiger partial charge is 0.319 e. The number of nitrogens with one attached hydrogen (secondary N) is 1. The predicted octanol–water partition coefficient (Wildman–Crippen LogP) is 6.19. The summed E-state index contributed by atoms with van der Waals surface area (Å²) in [5.74, 6) is 0.825. The van der Waals surface area contributed by atoms with Gasteiger partial charge in [-0.05, 0) is 56.5 Å². The van der Waals surface area contributed by atoms with Crippen LogP contribution in [0, 0.1) is 5.82 Å². The van der Waals surface area contributed by atoms with E-state index in [0.717, 1.165) is 68.9 Å². The number of piperazine rings is 1. The Kier molecular flexibility index (Phi) is 6.67. The molecule has 4 atom stereocenters. The Bertz CT molecular complexity index is 1670. The predicted molar refractivity (Wildman–Crippen MR) is 165 cm³/mol. The summed E-state index contributed by atoms with van der Waals surface area (Å²) in [6.07, 6.45) is 8.27. The second-order valence-electron chi connectivity index (χ2n) is 12.4. The van der Waals surface area contributed by atoms with Crippen LogP contribution < -0.4 is 15.0 Å². The second-order valence-corrected chi connectivity index (χ2v) is 13.1. The average Bonchev–Trinajstić information content (AvgIpc) is 3.68. The molecule has 4 fully saturated rings. The van der Waals surface area contributed by atoms with Crippen LogP contribution in [0.5, 0.6) is 6.01 Å². The van der Waals surface area contributed by atoms with Gasteiger partial charge >= 0.3 is 6.01 Å². The van der Waals surface area contributed by atoms with Crippen molar-refractivity contribution in [1.29, 1.82) is 0 Å². The van der Waals surface area contributed by atoms with Crippen LogP contribution in [0.15, 0.2) is 42.6 Å². The first-order valence-corrected chi connectivity index (χ1v) is 15.9. The maximum absolute atomic E-state index is 16.7. The third kappa shape index (κ3) is 4.33. The van der Waals surface area contributed by atoms with E-state index in [1.807, 2.05) is 36.4 Å². The molecular formula is C32H33Cl2FN6O. The molecule has 0 radical (unpaired) electrons. The van der Waals surface area contributed by atoms with Gasteiger partial charge in [0.2, 0.25) is 0 Å². The summed E-state index contributed by atoms with van der Waals surface area (Å²) in [7, 11) is 0. The molecule has 4 aliphatic heterocycles. The van der Waals surface area contributed by atoms with Crippen molar-refractivity contribution in [2.24, 2.45) is 0 Å². The van der Waals surface area contributed by atoms with Crippen molar-refractivity contribution in [3.05, 3.63) is 53.4 Å². The molecule has 4 saturated heterocycles. The molecule has 4 aromatic rings. The summed E-state index contributed by atoms with van der Waals surface area (Å²) in [5, 5.41) is 6.53. The summed E-state index contributed by atoms with van der Waals surface area (Å²) < 4.78 is 23.1. The number of benzene rings is 2. The van der Waals surface area contributed by atoms with Crippen molar-refractivity contribution in [3.8, 4) is 17.3 Å². The van der Waals surface area contributed by atoms with Gasteiger partial charge in [-0.15, -0.1) is 11.6 Å². The fourth-order valence-electron chi connectivity index (χ4n) is 7.95. The number of alkyl halides is 1. The van der Waals surface area contributed by atoms with Gasteiger partial charge < -0.3 is 15.0 Å². The first kappa shape index (κ1) is 26.8. The normalized spacial score (nSPS) is 27.3. The molecule has 0 amide bonds. The molecule has 42 heavy (non-hydrogen) atoms. The van der Waals surface area contributed by atoms with Gasteiger partial charge in [-0.3, -0.25) is 9.88 Å². The standard InChI is InChI=1S/C32H33Cl2FN6O/c33-14-22-10-12-32(11-3-13-41(22)32)18-42-31-38-29-24(30(39-31)40-16-20-8-9-21(17-40)37-20)15-36-28(27(29)35)23-6-1-4-19-5-2-7-25(34)26(19)23/h1-2,4-7,15,20-22,37H,3,8-14,16-18H2. The Balaban J connectivity index is 1.23. The van der Waals surface area contributed by atoms with Crippen molar-refractivity contribution < 1.29 is 9.13 Å². The van der Waals surface area contributed by atoms with Crippen molar-refractivity contribution in [3.63, 3.8) is 0 Å². The average molecular weight is 608 g/mol. The molecule has 6 heterocycles. The Hall–Kier alpha value is -2.78. The van der Waals surface area contributed by atoms with Crippen LogP contribution in [0.25, 0.3) is 32.9 Å². The maximum Gasteiger partial charge on any atom is 0.319 e. The minimum absolute atomic E-state index is 0.0617. The lowest BCUT2D eigenvalue weighted by atomic mass is 9.95. The number of nitrogens with zero attached hydrogens (tertiary/aromatic N) is 5. The number of halogens is 3. The number of anilines is 1. The van der Waals surface area contributed by atoms with Gasteiger partial charge in [0, 0.05) is 59.3 Å². The van der Waals surface area contributed by atoms with Gasteiger partial charge in [0.05, 0.1) is 10.9 Å². The van der Waals surface area contributed by atoms with Crippen molar-refractivity contribution >= 4 is 50.7 Å². The van der Waals surface area contributed by atoms with Crippen LogP contribution in [0.4, 0.5) is 10.2 Å². The van der Waals surface area contributed by atoms with Gasteiger partial charge in [-0.25, -0.2) is 4.39 Å². The minimum atomic E-state index is -0.491. The molecule has 0 spiro atoms. The zero-order chi connectivity index (χ0) is 28.4. The number of rotatable bonds is 6. The molecule has 0 aliphatic carbocycles. The SMILES string of the molecule is Fc1c(-c2cccc3cccc(Cl)c23)ncc2c(N3CC4CCC(C3)N4)nc(OCC34CCCN3C(CCl)CC4)nc12. The first-order valence-electron chi connectivity index (χ1n) is 15.0. The quantitative estimate of drug-likeness (QED) is 0.262. The molecule has 10 heteroatoms. The molecular weight excluding hydrogens is 574 g/mol. The highest BCUT2D eigenvalue weighted by Gasteiger charge is 2.49. The first-order chi connectivity index (χ1) is 20.5. The number of aromatic nitrogens is 3. The Morgan fingerprint density at radius 1 is 1.05 bits per heavy atom. The van der Waals surface area contributed by atoms with E-state index in [2.05, 4.69) is 20.1 Å². The molecule has 4 unspecified atom stereocenters. The highest BCUT2D eigenvalue weighted by atomic mass is 35.5.